The van der Waals surface area contributed by atoms with Crippen LogP contribution >= 0.6 is 15.9 Å². The second-order valence-electron chi connectivity index (χ2n) is 8.40. The van der Waals surface area contributed by atoms with Gasteiger partial charge in [0.05, 0.1) is 6.20 Å². The van der Waals surface area contributed by atoms with E-state index >= 15 is 0 Å². The molecule has 0 aromatic carbocycles. The summed E-state index contributed by atoms with van der Waals surface area (Å²) in [4.78, 5) is 42.1. The predicted molar refractivity (Wildman–Crippen MR) is 135 cm³/mol. The molecule has 5 aromatic rings. The van der Waals surface area contributed by atoms with Crippen molar-refractivity contribution in [3.05, 3.63) is 45.4 Å². The second kappa shape index (κ2) is 12.3. The molecule has 0 amide bonds. The minimum atomic E-state index is -5.08. The molecule has 5 heterocycles. The number of unbranched alkanes of at least 4 members (excludes halogenated alkanes) is 2. The van der Waals surface area contributed by atoms with Crippen molar-refractivity contribution < 1.29 is 27.6 Å². The van der Waals surface area contributed by atoms with Crippen molar-refractivity contribution in [1.29, 1.82) is 0 Å². The normalized spacial score (nSPS) is 11.6. The van der Waals surface area contributed by atoms with Crippen LogP contribution in [0.4, 0.5) is 13.2 Å². The Morgan fingerprint density at radius 2 is 1.93 bits per heavy atom. The molecule has 0 bridgehead atoms. The van der Waals surface area contributed by atoms with Gasteiger partial charge in [-0.3, -0.25) is 14.3 Å². The number of hydrogen-bond acceptors (Lipinski definition) is 10. The molecule has 212 valence electrons. The summed E-state index contributed by atoms with van der Waals surface area (Å²) in [5, 5.41) is 19.7. The lowest BCUT2D eigenvalue weighted by Gasteiger charge is -2.09. The van der Waals surface area contributed by atoms with E-state index in [1.54, 1.807) is 23.0 Å². The number of aromatic nitrogens is 10. The van der Waals surface area contributed by atoms with Crippen molar-refractivity contribution in [1.82, 2.24) is 49.2 Å². The first-order valence-corrected chi connectivity index (χ1v) is 12.8. The Bertz CT molecular complexity index is 1660. The molecule has 0 saturated carbocycles. The summed E-state index contributed by atoms with van der Waals surface area (Å²) in [7, 11) is 0. The van der Waals surface area contributed by atoms with Crippen LogP contribution in [0, 0.1) is 0 Å². The fraction of sp³-hybridized carbons (Fsp3) is 0.409. The molecule has 0 radical (unpaired) electrons. The zero-order valence-electron chi connectivity index (χ0n) is 20.9. The minimum Gasteiger partial charge on any atom is -0.475 e. The Morgan fingerprint density at radius 3 is 2.60 bits per heavy atom. The Hall–Kier alpha value is -4.22. The van der Waals surface area contributed by atoms with Gasteiger partial charge in [0.2, 0.25) is 17.5 Å². The molecule has 0 fully saturated rings. The van der Waals surface area contributed by atoms with E-state index in [2.05, 4.69) is 63.1 Å². The Labute approximate surface area is 230 Å². The zero-order chi connectivity index (χ0) is 28.9. The van der Waals surface area contributed by atoms with E-state index in [0.29, 0.717) is 70.7 Å². The van der Waals surface area contributed by atoms with Gasteiger partial charge in [-0.2, -0.15) is 18.2 Å². The van der Waals surface area contributed by atoms with Gasteiger partial charge >= 0.3 is 12.1 Å². The molecule has 18 heteroatoms. The summed E-state index contributed by atoms with van der Waals surface area (Å²) >= 11 is 3.34. The zero-order valence-corrected chi connectivity index (χ0v) is 22.5. The number of aromatic amines is 1. The third-order valence-corrected chi connectivity index (χ3v) is 5.94. The van der Waals surface area contributed by atoms with Crippen LogP contribution in [0.15, 0.2) is 32.6 Å². The van der Waals surface area contributed by atoms with E-state index in [-0.39, 0.29) is 5.56 Å². The SMILES string of the molecule is CCCCCn1c2nc(Br)[nH]c2c(=O)n2c(CCCc3nc(-c4cnccn4)no3)nnc12.O=C(O)C(F)(F)F. The molecule has 14 nitrogen and oxygen atoms in total. The third kappa shape index (κ3) is 6.49. The van der Waals surface area contributed by atoms with E-state index in [0.717, 1.165) is 19.3 Å². The number of aryl methyl sites for hydroxylation is 3. The number of imidazole rings is 1. The van der Waals surface area contributed by atoms with Gasteiger partial charge in [-0.25, -0.2) is 19.2 Å². The summed E-state index contributed by atoms with van der Waals surface area (Å²) < 4.78 is 41.1. The van der Waals surface area contributed by atoms with Crippen molar-refractivity contribution in [2.75, 3.05) is 0 Å². The van der Waals surface area contributed by atoms with Crippen molar-refractivity contribution >= 4 is 38.8 Å². The van der Waals surface area contributed by atoms with E-state index in [1.807, 2.05) is 4.57 Å². The maximum Gasteiger partial charge on any atom is 0.490 e. The van der Waals surface area contributed by atoms with Gasteiger partial charge in [0.1, 0.15) is 11.5 Å². The first-order chi connectivity index (χ1) is 19.1. The van der Waals surface area contributed by atoms with E-state index in [4.69, 9.17) is 14.4 Å². The average Bonchev–Trinajstić information content (AvgIpc) is 3.65. The molecule has 0 spiro atoms. The van der Waals surface area contributed by atoms with Crippen molar-refractivity contribution in [2.24, 2.45) is 0 Å². The number of H-pyrrole nitrogens is 1. The number of aliphatic carboxylic acids is 1. The molecule has 5 aromatic heterocycles. The van der Waals surface area contributed by atoms with E-state index in [9.17, 15) is 18.0 Å². The molecule has 5 rings (SSSR count). The lowest BCUT2D eigenvalue weighted by atomic mass is 10.2. The maximum absolute atomic E-state index is 13.2. The fourth-order valence-electron chi connectivity index (χ4n) is 3.74. The Kier molecular flexibility index (Phi) is 8.86. The van der Waals surface area contributed by atoms with Gasteiger partial charge in [0.25, 0.3) is 5.56 Å². The highest BCUT2D eigenvalue weighted by Crippen LogP contribution is 2.18. The van der Waals surface area contributed by atoms with Crippen LogP contribution in [0.3, 0.4) is 0 Å². The van der Waals surface area contributed by atoms with Crippen LogP contribution in [-0.4, -0.2) is 66.5 Å². The third-order valence-electron chi connectivity index (χ3n) is 5.56. The van der Waals surface area contributed by atoms with Crippen LogP contribution in [0.2, 0.25) is 0 Å². The van der Waals surface area contributed by atoms with Crippen LogP contribution < -0.4 is 5.56 Å². The number of hydrogen-bond donors (Lipinski definition) is 2. The first-order valence-electron chi connectivity index (χ1n) is 12.0. The number of nitrogens with zero attached hydrogens (tertiary/aromatic N) is 9. The molecule has 40 heavy (non-hydrogen) atoms. The number of carboxylic acid groups (broad SMARTS) is 1. The van der Waals surface area contributed by atoms with Crippen LogP contribution in [-0.2, 0) is 24.2 Å². The predicted octanol–water partition coefficient (Wildman–Crippen LogP) is 3.37. The smallest absolute Gasteiger partial charge is 0.475 e. The number of fused-ring (bicyclic) bond motifs is 2. The lowest BCUT2D eigenvalue weighted by Crippen LogP contribution is -2.21. The number of carbonyl (C=O) groups is 1. The monoisotopic (exact) mass is 626 g/mol. The first kappa shape index (κ1) is 28.8. The topological polar surface area (TPSA) is 183 Å². The van der Waals surface area contributed by atoms with Gasteiger partial charge in [0.15, 0.2) is 15.9 Å². The fourth-order valence-corrected chi connectivity index (χ4v) is 4.10. The summed E-state index contributed by atoms with van der Waals surface area (Å²) in [5.41, 5.74) is 1.34. The van der Waals surface area contributed by atoms with Crippen LogP contribution in [0.1, 0.15) is 44.3 Å². The average molecular weight is 627 g/mol. The molecule has 0 unspecified atom stereocenters. The van der Waals surface area contributed by atoms with Crippen molar-refractivity contribution in [2.45, 2.75) is 58.2 Å². The summed E-state index contributed by atoms with van der Waals surface area (Å²) in [5.74, 6) is -0.789. The molecular formula is C22H22BrF3N10O4. The maximum atomic E-state index is 13.2. The second-order valence-corrected chi connectivity index (χ2v) is 9.15. The number of halogens is 4. The van der Waals surface area contributed by atoms with Gasteiger partial charge < -0.3 is 14.6 Å². The summed E-state index contributed by atoms with van der Waals surface area (Å²) in [6.45, 7) is 2.85. The Morgan fingerprint density at radius 1 is 1.15 bits per heavy atom. The molecule has 0 aliphatic carbocycles. The van der Waals surface area contributed by atoms with Gasteiger partial charge in [-0.05, 0) is 28.8 Å². The van der Waals surface area contributed by atoms with E-state index < -0.39 is 12.1 Å². The summed E-state index contributed by atoms with van der Waals surface area (Å²) in [6.07, 6.45) is 4.50. The number of carboxylic acids is 1. The Balaban J connectivity index is 0.000000470. The molecule has 0 saturated heterocycles. The van der Waals surface area contributed by atoms with Gasteiger partial charge in [0, 0.05) is 31.8 Å². The molecule has 0 aliphatic heterocycles. The van der Waals surface area contributed by atoms with Crippen molar-refractivity contribution in [3.63, 3.8) is 0 Å². The minimum absolute atomic E-state index is 0.215. The van der Waals surface area contributed by atoms with Gasteiger partial charge in [-0.15, -0.1) is 10.2 Å². The van der Waals surface area contributed by atoms with Crippen LogP contribution in [0.5, 0.6) is 0 Å². The number of nitrogens with one attached hydrogen (secondary N) is 1. The van der Waals surface area contributed by atoms with Crippen molar-refractivity contribution in [3.8, 4) is 11.5 Å². The summed E-state index contributed by atoms with van der Waals surface area (Å²) in [6, 6.07) is 0. The largest absolute Gasteiger partial charge is 0.490 e. The highest BCUT2D eigenvalue weighted by atomic mass is 79.9. The number of alkyl halides is 3. The molecule has 0 atom stereocenters. The van der Waals surface area contributed by atoms with Gasteiger partial charge in [-0.1, -0.05) is 24.9 Å². The standard InChI is InChI=1S/C20H21BrN10O2.C2HF3O2/c1-2-3-4-10-30-17-15(25-19(21)26-17)18(32)31-13(27-28-20(30)31)6-5-7-14-24-16(29-33-14)12-11-22-8-9-23-12;3-2(4,5)1(6)7/h8-9,11H,2-7,10H2,1H3,(H,25,26);(H,6,7). The quantitative estimate of drug-likeness (QED) is 0.181. The lowest BCUT2D eigenvalue weighted by molar-refractivity contribution is -0.192. The highest BCUT2D eigenvalue weighted by molar-refractivity contribution is 9.10. The molecular weight excluding hydrogens is 605 g/mol. The molecule has 2 N–H and O–H groups in total. The number of rotatable bonds is 9. The van der Waals surface area contributed by atoms with E-state index in [1.165, 1.54) is 0 Å². The molecule has 0 aliphatic rings. The van der Waals surface area contributed by atoms with Crippen LogP contribution in [0.25, 0.3) is 28.5 Å². The highest BCUT2D eigenvalue weighted by Gasteiger charge is 2.38.